The van der Waals surface area contributed by atoms with Gasteiger partial charge in [0, 0.05) is 14.5 Å². The summed E-state index contributed by atoms with van der Waals surface area (Å²) >= 11 is 7.85. The van der Waals surface area contributed by atoms with Crippen molar-refractivity contribution in [3.8, 4) is 16.2 Å². The fraction of sp³-hybridized carbons (Fsp3) is 0.182. The van der Waals surface area contributed by atoms with Crippen molar-refractivity contribution in [3.05, 3.63) is 28.6 Å². The lowest BCUT2D eigenvalue weighted by Gasteiger charge is -2.04. The maximum atomic E-state index is 10.1. The van der Waals surface area contributed by atoms with Crippen LogP contribution in [-0.4, -0.2) is 19.2 Å². The molecule has 0 atom stereocenters. The van der Waals surface area contributed by atoms with Crippen molar-refractivity contribution >= 4 is 67.9 Å². The second kappa shape index (κ2) is 5.54. The minimum absolute atomic E-state index is 0.380. The van der Waals surface area contributed by atoms with Gasteiger partial charge in [-0.25, -0.2) is 4.58 Å². The first-order valence-electron chi connectivity index (χ1n) is 4.76. The molecule has 2 rings (SSSR count). The van der Waals surface area contributed by atoms with Gasteiger partial charge in [-0.2, -0.15) is 0 Å². The van der Waals surface area contributed by atoms with Crippen LogP contribution in [-0.2, 0) is 0 Å². The van der Waals surface area contributed by atoms with Gasteiger partial charge in [0.1, 0.15) is 19.8 Å². The first kappa shape index (κ1) is 13.8. The predicted molar refractivity (Wildman–Crippen MR) is 91.8 cm³/mol. The molecule has 0 amide bonds. The molecule has 0 bridgehead atoms. The molecule has 1 heterocycles. The van der Waals surface area contributed by atoms with Crippen molar-refractivity contribution in [1.29, 1.82) is 0 Å². The van der Waals surface area contributed by atoms with Crippen molar-refractivity contribution < 1.29 is 5.11 Å². The van der Waals surface area contributed by atoms with Crippen LogP contribution in [0.3, 0.4) is 0 Å². The highest BCUT2D eigenvalue weighted by Gasteiger charge is 2.12. The molecule has 0 aliphatic carbocycles. The Morgan fingerprint density at radius 1 is 1.24 bits per heavy atom. The zero-order valence-electron chi connectivity index (χ0n) is 9.20. The molecule has 0 saturated carbocycles. The van der Waals surface area contributed by atoms with Gasteiger partial charge in [0.05, 0.1) is 8.45 Å². The number of phenolic OH excluding ortho intramolecular Hbond substituents is 1. The average Bonchev–Trinajstić information content (AvgIpc) is 2.72. The smallest absolute Gasteiger partial charge is 0.314 e. The van der Waals surface area contributed by atoms with Crippen LogP contribution in [0.25, 0.3) is 10.4 Å². The standard InChI is InChI=1S/C11H9I2NOS2/c1-14(2)11-16-5-9(17-11)7-3-6(12)4-8(13)10(7)15/h3-5H,1-2H3/p+1. The van der Waals surface area contributed by atoms with Gasteiger partial charge in [0.25, 0.3) is 0 Å². The Bertz CT molecular complexity index is 627. The lowest BCUT2D eigenvalue weighted by atomic mass is 10.2. The summed E-state index contributed by atoms with van der Waals surface area (Å²) in [6.07, 6.45) is 0. The molecule has 2 aromatic rings. The van der Waals surface area contributed by atoms with E-state index in [4.69, 9.17) is 0 Å². The minimum Gasteiger partial charge on any atom is -0.506 e. The van der Waals surface area contributed by atoms with Gasteiger partial charge in [-0.15, -0.1) is 0 Å². The number of benzene rings is 1. The Labute approximate surface area is 135 Å². The molecule has 0 aliphatic heterocycles. The van der Waals surface area contributed by atoms with Crippen LogP contribution in [0.1, 0.15) is 0 Å². The molecule has 0 aliphatic rings. The zero-order chi connectivity index (χ0) is 12.6. The molecule has 6 heteroatoms. The number of aromatic hydroxyl groups is 1. The van der Waals surface area contributed by atoms with Gasteiger partial charge in [0.2, 0.25) is 0 Å². The molecular formula is C11H10I2NOS2+. The summed E-state index contributed by atoms with van der Waals surface area (Å²) in [7, 11) is 4.06. The molecule has 2 nitrogen and oxygen atoms in total. The minimum atomic E-state index is 0.380. The van der Waals surface area contributed by atoms with Crippen LogP contribution in [0.4, 0.5) is 0 Å². The molecule has 0 fully saturated rings. The maximum Gasteiger partial charge on any atom is 0.314 e. The van der Waals surface area contributed by atoms with Gasteiger partial charge in [-0.05, 0) is 57.3 Å². The quantitative estimate of drug-likeness (QED) is 0.481. The van der Waals surface area contributed by atoms with Crippen LogP contribution >= 0.6 is 67.9 Å². The number of hydrogen-bond acceptors (Lipinski definition) is 3. The number of halogens is 2. The molecule has 1 N–H and O–H groups in total. The van der Waals surface area contributed by atoms with Gasteiger partial charge in [0.15, 0.2) is 0 Å². The van der Waals surface area contributed by atoms with Gasteiger partial charge in [-0.3, -0.25) is 0 Å². The van der Waals surface area contributed by atoms with Crippen LogP contribution in [0.15, 0.2) is 17.5 Å². The zero-order valence-corrected chi connectivity index (χ0v) is 15.1. The van der Waals surface area contributed by atoms with E-state index in [1.165, 1.54) is 3.98 Å². The van der Waals surface area contributed by atoms with E-state index in [0.717, 1.165) is 17.6 Å². The fourth-order valence-corrected chi connectivity index (χ4v) is 5.28. The first-order chi connectivity index (χ1) is 7.99. The summed E-state index contributed by atoms with van der Waals surface area (Å²) in [6, 6.07) is 4.00. The number of nitrogens with zero attached hydrogens (tertiary/aromatic N) is 1. The molecule has 0 unspecified atom stereocenters. The van der Waals surface area contributed by atoms with Crippen molar-refractivity contribution in [1.82, 2.24) is 4.58 Å². The lowest BCUT2D eigenvalue weighted by molar-refractivity contribution is 0.473. The molecule has 1 aromatic carbocycles. The number of hydrogen-bond donors (Lipinski definition) is 1. The molecule has 0 saturated heterocycles. The summed E-state index contributed by atoms with van der Waals surface area (Å²) in [5, 5.41) is 12.2. The average molecular weight is 490 g/mol. The van der Waals surface area contributed by atoms with Crippen LogP contribution in [0, 0.1) is 7.14 Å². The van der Waals surface area contributed by atoms with Gasteiger partial charge < -0.3 is 5.11 Å². The SMILES string of the molecule is C[N+](C)=c1scc(-c2cc(I)cc(I)c2O)s1. The highest BCUT2D eigenvalue weighted by Crippen LogP contribution is 2.36. The third-order valence-electron chi connectivity index (χ3n) is 2.12. The summed E-state index contributed by atoms with van der Waals surface area (Å²) in [5.74, 6) is 0.380. The van der Waals surface area contributed by atoms with E-state index >= 15 is 0 Å². The predicted octanol–water partition coefficient (Wildman–Crippen LogP) is 3.42. The Morgan fingerprint density at radius 2 is 1.94 bits per heavy atom. The molecule has 1 aromatic heterocycles. The van der Waals surface area contributed by atoms with Gasteiger partial charge >= 0.3 is 3.98 Å². The molecular weight excluding hydrogens is 480 g/mol. The Kier molecular flexibility index (Phi) is 4.48. The third-order valence-corrected chi connectivity index (χ3v) is 6.27. The largest absolute Gasteiger partial charge is 0.506 e. The van der Waals surface area contributed by atoms with Crippen LogP contribution < -0.4 is 8.56 Å². The Balaban J connectivity index is 2.64. The highest BCUT2D eigenvalue weighted by atomic mass is 127. The molecule has 90 valence electrons. The third kappa shape index (κ3) is 3.02. The van der Waals surface area contributed by atoms with E-state index in [0.29, 0.717) is 5.75 Å². The summed E-state index contributed by atoms with van der Waals surface area (Å²) < 4.78 is 5.36. The molecule has 0 spiro atoms. The van der Waals surface area contributed by atoms with Crippen molar-refractivity contribution in [3.63, 3.8) is 0 Å². The Morgan fingerprint density at radius 3 is 2.53 bits per heavy atom. The second-order valence-corrected chi connectivity index (χ2v) is 8.20. The number of phenols is 1. The molecule has 0 radical (unpaired) electrons. The summed E-state index contributed by atoms with van der Waals surface area (Å²) in [6.45, 7) is 0. The van der Waals surface area contributed by atoms with Crippen LogP contribution in [0.2, 0.25) is 0 Å². The highest BCUT2D eigenvalue weighted by molar-refractivity contribution is 14.1. The number of rotatable bonds is 1. The fourth-order valence-electron chi connectivity index (χ4n) is 1.32. The van der Waals surface area contributed by atoms with Crippen molar-refractivity contribution in [2.75, 3.05) is 14.1 Å². The van der Waals surface area contributed by atoms with Gasteiger partial charge in [-0.1, -0.05) is 22.7 Å². The van der Waals surface area contributed by atoms with E-state index in [2.05, 4.69) is 55.1 Å². The normalized spacial score (nSPS) is 10.6. The van der Waals surface area contributed by atoms with E-state index < -0.39 is 0 Å². The van der Waals surface area contributed by atoms with Crippen molar-refractivity contribution in [2.45, 2.75) is 0 Å². The lowest BCUT2D eigenvalue weighted by Crippen LogP contribution is -2.14. The monoisotopic (exact) mass is 490 g/mol. The maximum absolute atomic E-state index is 10.1. The molecule has 17 heavy (non-hydrogen) atoms. The van der Waals surface area contributed by atoms with E-state index in [1.54, 1.807) is 22.7 Å². The Hall–Kier alpha value is 0.330. The summed E-state index contributed by atoms with van der Waals surface area (Å²) in [4.78, 5) is 1.12. The van der Waals surface area contributed by atoms with E-state index in [1.807, 2.05) is 26.2 Å². The van der Waals surface area contributed by atoms with E-state index in [9.17, 15) is 5.11 Å². The van der Waals surface area contributed by atoms with Crippen molar-refractivity contribution in [2.24, 2.45) is 0 Å². The first-order valence-corrected chi connectivity index (χ1v) is 8.61. The second-order valence-electron chi connectivity index (χ2n) is 3.65. The van der Waals surface area contributed by atoms with E-state index in [-0.39, 0.29) is 0 Å². The topological polar surface area (TPSA) is 23.2 Å². The summed E-state index contributed by atoms with van der Waals surface area (Å²) in [5.41, 5.74) is 0.927. The van der Waals surface area contributed by atoms with Crippen LogP contribution in [0.5, 0.6) is 5.75 Å².